The molecule has 0 aliphatic carbocycles. The maximum absolute atomic E-state index is 12.0. The lowest BCUT2D eigenvalue weighted by Crippen LogP contribution is -2.52. The van der Waals surface area contributed by atoms with Crippen LogP contribution < -0.4 is 5.32 Å². The summed E-state index contributed by atoms with van der Waals surface area (Å²) in [6.45, 7) is 3.50. The molecule has 1 saturated heterocycles. The van der Waals surface area contributed by atoms with Crippen molar-refractivity contribution in [1.82, 2.24) is 19.8 Å². The first-order valence-electron chi connectivity index (χ1n) is 6.88. The van der Waals surface area contributed by atoms with E-state index in [1.165, 1.54) is 12.5 Å². The Hall–Kier alpha value is -2.09. The molecule has 1 atom stereocenters. The van der Waals surface area contributed by atoms with E-state index in [0.29, 0.717) is 32.6 Å². The lowest BCUT2D eigenvalue weighted by molar-refractivity contribution is -0.00248. The number of carboxylic acids is 1. The zero-order chi connectivity index (χ0) is 15.5. The normalized spacial score (nSPS) is 22.1. The fourth-order valence-corrected chi connectivity index (χ4v) is 2.39. The number of carbonyl (C=O) groups is 2. The minimum atomic E-state index is -1.08. The van der Waals surface area contributed by atoms with Crippen molar-refractivity contribution >= 4 is 12.0 Å². The van der Waals surface area contributed by atoms with E-state index in [-0.39, 0.29) is 11.7 Å². The van der Waals surface area contributed by atoms with E-state index in [2.05, 4.69) is 10.3 Å². The predicted octanol–water partition coefficient (Wildman–Crippen LogP) is 0.138. The SMILES string of the molecule is CC1(O)CCCN(C(=O)NCCn2cnc(C(=O)O)c2)C1. The van der Waals surface area contributed by atoms with Crippen molar-refractivity contribution in [2.24, 2.45) is 0 Å². The second kappa shape index (κ2) is 6.13. The van der Waals surface area contributed by atoms with Gasteiger partial charge in [0.15, 0.2) is 5.69 Å². The zero-order valence-corrected chi connectivity index (χ0v) is 11.9. The van der Waals surface area contributed by atoms with Gasteiger partial charge < -0.3 is 25.0 Å². The number of amides is 2. The molecule has 1 aromatic heterocycles. The molecule has 0 radical (unpaired) electrons. The van der Waals surface area contributed by atoms with Crippen LogP contribution in [0.2, 0.25) is 0 Å². The quantitative estimate of drug-likeness (QED) is 0.732. The van der Waals surface area contributed by atoms with Crippen LogP contribution in [0.15, 0.2) is 12.5 Å². The summed E-state index contributed by atoms with van der Waals surface area (Å²) < 4.78 is 1.61. The van der Waals surface area contributed by atoms with E-state index in [4.69, 9.17) is 5.11 Å². The maximum Gasteiger partial charge on any atom is 0.356 e. The fraction of sp³-hybridized carbons (Fsp3) is 0.615. The molecule has 0 aromatic carbocycles. The number of β-amino-alcohol motifs (C(OH)–C–C–N with tert-alkyl or cyclic N) is 1. The van der Waals surface area contributed by atoms with E-state index < -0.39 is 11.6 Å². The highest BCUT2D eigenvalue weighted by Gasteiger charge is 2.30. The van der Waals surface area contributed by atoms with Crippen LogP contribution in [-0.4, -0.2) is 61.9 Å². The fourth-order valence-electron chi connectivity index (χ4n) is 2.39. The summed E-state index contributed by atoms with van der Waals surface area (Å²) in [4.78, 5) is 28.0. The van der Waals surface area contributed by atoms with Crippen LogP contribution in [0.25, 0.3) is 0 Å². The van der Waals surface area contributed by atoms with E-state index >= 15 is 0 Å². The predicted molar refractivity (Wildman–Crippen MR) is 74.0 cm³/mol. The number of hydrogen-bond acceptors (Lipinski definition) is 4. The number of nitrogens with zero attached hydrogens (tertiary/aromatic N) is 3. The van der Waals surface area contributed by atoms with E-state index in [1.54, 1.807) is 16.4 Å². The molecule has 3 N–H and O–H groups in total. The number of nitrogens with one attached hydrogen (secondary N) is 1. The summed E-state index contributed by atoms with van der Waals surface area (Å²) in [5.41, 5.74) is -0.843. The summed E-state index contributed by atoms with van der Waals surface area (Å²) in [5, 5.41) is 21.5. The molecule has 21 heavy (non-hydrogen) atoms. The van der Waals surface area contributed by atoms with Gasteiger partial charge in [0, 0.05) is 25.8 Å². The van der Waals surface area contributed by atoms with Crippen molar-refractivity contribution < 1.29 is 19.8 Å². The van der Waals surface area contributed by atoms with Crippen molar-refractivity contribution in [3.05, 3.63) is 18.2 Å². The third kappa shape index (κ3) is 4.19. The number of urea groups is 1. The molecular weight excluding hydrogens is 276 g/mol. The minimum absolute atomic E-state index is 0.0200. The van der Waals surface area contributed by atoms with Crippen LogP contribution in [0.4, 0.5) is 4.79 Å². The Kier molecular flexibility index (Phi) is 4.46. The number of aromatic carboxylic acids is 1. The van der Waals surface area contributed by atoms with Crippen molar-refractivity contribution in [3.8, 4) is 0 Å². The van der Waals surface area contributed by atoms with Gasteiger partial charge in [-0.25, -0.2) is 14.6 Å². The largest absolute Gasteiger partial charge is 0.476 e. The molecule has 1 fully saturated rings. The molecule has 8 nitrogen and oxygen atoms in total. The van der Waals surface area contributed by atoms with Crippen molar-refractivity contribution in [2.75, 3.05) is 19.6 Å². The minimum Gasteiger partial charge on any atom is -0.476 e. The first-order valence-corrected chi connectivity index (χ1v) is 6.88. The second-order valence-corrected chi connectivity index (χ2v) is 5.56. The van der Waals surface area contributed by atoms with Crippen LogP contribution in [0.3, 0.4) is 0 Å². The lowest BCUT2D eigenvalue weighted by Gasteiger charge is -2.36. The Labute approximate surface area is 122 Å². The monoisotopic (exact) mass is 296 g/mol. The molecule has 1 unspecified atom stereocenters. The summed E-state index contributed by atoms with van der Waals surface area (Å²) >= 11 is 0. The van der Waals surface area contributed by atoms with Crippen LogP contribution in [0.1, 0.15) is 30.3 Å². The Morgan fingerprint density at radius 2 is 2.29 bits per heavy atom. The summed E-state index contributed by atoms with van der Waals surface area (Å²) in [6.07, 6.45) is 4.31. The summed E-state index contributed by atoms with van der Waals surface area (Å²) in [6, 6.07) is -0.214. The third-order valence-corrected chi connectivity index (χ3v) is 3.46. The van der Waals surface area contributed by atoms with Gasteiger partial charge in [0.1, 0.15) is 0 Å². The van der Waals surface area contributed by atoms with Gasteiger partial charge in [-0.05, 0) is 19.8 Å². The Morgan fingerprint density at radius 3 is 2.90 bits per heavy atom. The van der Waals surface area contributed by atoms with Crippen molar-refractivity contribution in [2.45, 2.75) is 31.9 Å². The Bertz CT molecular complexity index is 526. The Balaban J connectivity index is 1.77. The van der Waals surface area contributed by atoms with Gasteiger partial charge in [-0.2, -0.15) is 0 Å². The van der Waals surface area contributed by atoms with Gasteiger partial charge in [0.25, 0.3) is 0 Å². The Morgan fingerprint density at radius 1 is 1.52 bits per heavy atom. The molecule has 116 valence electrons. The molecular formula is C13H20N4O4. The highest BCUT2D eigenvalue weighted by Crippen LogP contribution is 2.19. The van der Waals surface area contributed by atoms with Gasteiger partial charge in [-0.1, -0.05) is 0 Å². The van der Waals surface area contributed by atoms with Crippen LogP contribution >= 0.6 is 0 Å². The smallest absolute Gasteiger partial charge is 0.356 e. The summed E-state index contributed by atoms with van der Waals surface area (Å²) in [7, 11) is 0. The van der Waals surface area contributed by atoms with Gasteiger partial charge in [-0.15, -0.1) is 0 Å². The van der Waals surface area contributed by atoms with E-state index in [9.17, 15) is 14.7 Å². The first kappa shape index (κ1) is 15.3. The standard InChI is InChI=1S/C13H20N4O4/c1-13(21)3-2-5-17(8-13)12(20)14-4-6-16-7-10(11(18)19)15-9-16/h7,9,21H,2-6,8H2,1H3,(H,14,20)(H,18,19). The maximum atomic E-state index is 12.0. The molecule has 0 saturated carbocycles. The van der Waals surface area contributed by atoms with Crippen molar-refractivity contribution in [1.29, 1.82) is 0 Å². The molecule has 2 amide bonds. The number of rotatable bonds is 4. The van der Waals surface area contributed by atoms with Gasteiger partial charge in [-0.3, -0.25) is 0 Å². The van der Waals surface area contributed by atoms with Gasteiger partial charge in [0.2, 0.25) is 0 Å². The topological polar surface area (TPSA) is 108 Å². The number of carboxylic acid groups (broad SMARTS) is 1. The first-order chi connectivity index (χ1) is 9.87. The molecule has 1 aliphatic heterocycles. The molecule has 2 heterocycles. The number of carbonyl (C=O) groups excluding carboxylic acids is 1. The zero-order valence-electron chi connectivity index (χ0n) is 11.9. The average Bonchev–Trinajstić information content (AvgIpc) is 2.86. The van der Waals surface area contributed by atoms with Crippen molar-refractivity contribution in [3.63, 3.8) is 0 Å². The number of likely N-dealkylation sites (tertiary alicyclic amines) is 1. The van der Waals surface area contributed by atoms with E-state index in [0.717, 1.165) is 6.42 Å². The van der Waals surface area contributed by atoms with Crippen LogP contribution in [0, 0.1) is 0 Å². The number of imidazole rings is 1. The van der Waals surface area contributed by atoms with Gasteiger partial charge in [0.05, 0.1) is 18.5 Å². The van der Waals surface area contributed by atoms with Crippen LogP contribution in [0.5, 0.6) is 0 Å². The van der Waals surface area contributed by atoms with Gasteiger partial charge >= 0.3 is 12.0 Å². The third-order valence-electron chi connectivity index (χ3n) is 3.46. The highest BCUT2D eigenvalue weighted by molar-refractivity contribution is 5.84. The number of hydrogen-bond donors (Lipinski definition) is 3. The number of aromatic nitrogens is 2. The molecule has 1 aromatic rings. The average molecular weight is 296 g/mol. The van der Waals surface area contributed by atoms with E-state index in [1.807, 2.05) is 0 Å². The molecule has 0 bridgehead atoms. The molecule has 8 heteroatoms. The second-order valence-electron chi connectivity index (χ2n) is 5.56. The molecule has 1 aliphatic rings. The number of piperidine rings is 1. The van der Waals surface area contributed by atoms with Crippen LogP contribution in [-0.2, 0) is 6.54 Å². The lowest BCUT2D eigenvalue weighted by atomic mass is 9.95. The number of aliphatic hydroxyl groups is 1. The molecule has 2 rings (SSSR count). The highest BCUT2D eigenvalue weighted by atomic mass is 16.4. The summed E-state index contributed by atoms with van der Waals surface area (Å²) in [5.74, 6) is -1.08. The molecule has 0 spiro atoms.